The van der Waals surface area contributed by atoms with Gasteiger partial charge in [0.2, 0.25) is 0 Å². The summed E-state index contributed by atoms with van der Waals surface area (Å²) in [5.74, 6) is -0.00782. The maximum atomic E-state index is 12.3. The normalized spacial score (nSPS) is 19.7. The Labute approximate surface area is 101 Å². The Kier molecular flexibility index (Phi) is 3.43. The molecule has 1 N–H and O–H groups in total. The number of carbonyl (C=O) groups is 1. The highest BCUT2D eigenvalue weighted by molar-refractivity contribution is 5.95. The van der Waals surface area contributed by atoms with Gasteiger partial charge < -0.3 is 10.0 Å². The van der Waals surface area contributed by atoms with E-state index in [1.807, 2.05) is 26.0 Å². The smallest absolute Gasteiger partial charge is 0.256 e. The van der Waals surface area contributed by atoms with Gasteiger partial charge in [0.1, 0.15) is 0 Å². The Morgan fingerprint density at radius 1 is 1.53 bits per heavy atom. The highest BCUT2D eigenvalue weighted by Crippen LogP contribution is 2.20. The van der Waals surface area contributed by atoms with Crippen molar-refractivity contribution in [3.05, 3.63) is 29.1 Å². The number of aryl methyl sites for hydroxylation is 2. The average Bonchev–Trinajstić information content (AvgIpc) is 2.76. The van der Waals surface area contributed by atoms with E-state index in [2.05, 4.69) is 4.98 Å². The number of rotatable bonds is 2. The zero-order valence-electron chi connectivity index (χ0n) is 10.3. The van der Waals surface area contributed by atoms with Crippen molar-refractivity contribution in [2.45, 2.75) is 32.7 Å². The molecule has 1 fully saturated rings. The molecule has 17 heavy (non-hydrogen) atoms. The van der Waals surface area contributed by atoms with Crippen molar-refractivity contribution < 1.29 is 9.90 Å². The summed E-state index contributed by atoms with van der Waals surface area (Å²) < 4.78 is 0. The average molecular weight is 234 g/mol. The summed E-state index contributed by atoms with van der Waals surface area (Å²) in [6.07, 6.45) is 1.86. The largest absolute Gasteiger partial charge is 0.394 e. The van der Waals surface area contributed by atoms with Gasteiger partial charge in [-0.3, -0.25) is 9.78 Å². The topological polar surface area (TPSA) is 53.4 Å². The molecule has 2 heterocycles. The summed E-state index contributed by atoms with van der Waals surface area (Å²) >= 11 is 0. The van der Waals surface area contributed by atoms with Gasteiger partial charge in [-0.05, 0) is 38.8 Å². The fourth-order valence-corrected chi connectivity index (χ4v) is 2.36. The number of amides is 1. The number of hydrogen-bond donors (Lipinski definition) is 1. The molecule has 4 heteroatoms. The van der Waals surface area contributed by atoms with Crippen LogP contribution in [0.3, 0.4) is 0 Å². The van der Waals surface area contributed by atoms with Crippen molar-refractivity contribution in [2.75, 3.05) is 13.2 Å². The molecule has 0 aromatic carbocycles. The fourth-order valence-electron chi connectivity index (χ4n) is 2.36. The Balaban J connectivity index is 2.24. The molecule has 0 bridgehead atoms. The second-order valence-corrected chi connectivity index (χ2v) is 4.56. The highest BCUT2D eigenvalue weighted by atomic mass is 16.3. The van der Waals surface area contributed by atoms with E-state index < -0.39 is 0 Å². The number of likely N-dealkylation sites (tertiary alicyclic amines) is 1. The molecule has 1 aliphatic heterocycles. The lowest BCUT2D eigenvalue weighted by atomic mass is 10.1. The summed E-state index contributed by atoms with van der Waals surface area (Å²) in [5.41, 5.74) is 2.33. The zero-order valence-corrected chi connectivity index (χ0v) is 10.3. The molecule has 0 radical (unpaired) electrons. The van der Waals surface area contributed by atoms with Crippen molar-refractivity contribution >= 4 is 5.91 Å². The van der Waals surface area contributed by atoms with Crippen LogP contribution in [0.5, 0.6) is 0 Å². The molecule has 2 rings (SSSR count). The molecule has 0 spiro atoms. The Bertz CT molecular complexity index is 431. The standard InChI is InChI=1S/C13H18N2O2/c1-9-5-6-12(10(2)14-9)13(17)15-7-3-4-11(15)8-16/h5-6,11,16H,3-4,7-8H2,1-2H3/t11-/m1/s1. The number of hydrogen-bond acceptors (Lipinski definition) is 3. The van der Waals surface area contributed by atoms with Gasteiger partial charge in [0.05, 0.1) is 23.9 Å². The van der Waals surface area contributed by atoms with Crippen LogP contribution in [-0.2, 0) is 0 Å². The van der Waals surface area contributed by atoms with Crippen LogP contribution in [0.2, 0.25) is 0 Å². The molecule has 0 unspecified atom stereocenters. The highest BCUT2D eigenvalue weighted by Gasteiger charge is 2.29. The van der Waals surface area contributed by atoms with E-state index in [1.165, 1.54) is 0 Å². The lowest BCUT2D eigenvalue weighted by Crippen LogP contribution is -2.38. The van der Waals surface area contributed by atoms with E-state index in [-0.39, 0.29) is 18.6 Å². The van der Waals surface area contributed by atoms with Gasteiger partial charge in [0, 0.05) is 12.2 Å². The molecular formula is C13H18N2O2. The summed E-state index contributed by atoms with van der Waals surface area (Å²) in [4.78, 5) is 18.4. The van der Waals surface area contributed by atoms with Gasteiger partial charge >= 0.3 is 0 Å². The van der Waals surface area contributed by atoms with Crippen LogP contribution in [0.1, 0.15) is 34.6 Å². The van der Waals surface area contributed by atoms with Crippen LogP contribution in [0.15, 0.2) is 12.1 Å². The molecule has 0 saturated carbocycles. The first-order valence-corrected chi connectivity index (χ1v) is 5.99. The van der Waals surface area contributed by atoms with Crippen LogP contribution in [0.4, 0.5) is 0 Å². The number of nitrogens with zero attached hydrogens (tertiary/aromatic N) is 2. The third kappa shape index (κ3) is 2.31. The zero-order chi connectivity index (χ0) is 12.4. The van der Waals surface area contributed by atoms with Crippen LogP contribution in [0.25, 0.3) is 0 Å². The van der Waals surface area contributed by atoms with Crippen molar-refractivity contribution in [1.82, 2.24) is 9.88 Å². The summed E-state index contributed by atoms with van der Waals surface area (Å²) in [5, 5.41) is 9.24. The quantitative estimate of drug-likeness (QED) is 0.839. The molecule has 92 valence electrons. The van der Waals surface area contributed by atoms with Crippen LogP contribution in [-0.4, -0.2) is 40.1 Å². The number of aromatic nitrogens is 1. The predicted molar refractivity (Wildman–Crippen MR) is 64.9 cm³/mol. The molecular weight excluding hydrogens is 216 g/mol. The molecule has 0 aliphatic carbocycles. The molecule has 4 nitrogen and oxygen atoms in total. The van der Waals surface area contributed by atoms with E-state index in [0.29, 0.717) is 5.56 Å². The first-order chi connectivity index (χ1) is 8.13. The Morgan fingerprint density at radius 3 is 2.94 bits per heavy atom. The van der Waals surface area contributed by atoms with Gasteiger partial charge in [0.15, 0.2) is 0 Å². The van der Waals surface area contributed by atoms with E-state index in [9.17, 15) is 9.90 Å². The summed E-state index contributed by atoms with van der Waals surface area (Å²) in [7, 11) is 0. The van der Waals surface area contributed by atoms with Crippen molar-refractivity contribution in [1.29, 1.82) is 0 Å². The minimum Gasteiger partial charge on any atom is -0.394 e. The Hall–Kier alpha value is -1.42. The first-order valence-electron chi connectivity index (χ1n) is 5.99. The minimum absolute atomic E-state index is 0.00782. The third-order valence-electron chi connectivity index (χ3n) is 3.30. The van der Waals surface area contributed by atoms with Crippen LogP contribution < -0.4 is 0 Å². The monoisotopic (exact) mass is 234 g/mol. The molecule has 1 amide bonds. The van der Waals surface area contributed by atoms with Gasteiger partial charge in [-0.15, -0.1) is 0 Å². The lowest BCUT2D eigenvalue weighted by molar-refractivity contribution is 0.0676. The number of pyridine rings is 1. The van der Waals surface area contributed by atoms with Gasteiger partial charge in [-0.25, -0.2) is 0 Å². The van der Waals surface area contributed by atoms with Crippen molar-refractivity contribution in [3.8, 4) is 0 Å². The Morgan fingerprint density at radius 2 is 2.29 bits per heavy atom. The van der Waals surface area contributed by atoms with Crippen LogP contribution >= 0.6 is 0 Å². The van der Waals surface area contributed by atoms with E-state index in [4.69, 9.17) is 0 Å². The van der Waals surface area contributed by atoms with E-state index >= 15 is 0 Å². The lowest BCUT2D eigenvalue weighted by Gasteiger charge is -2.23. The second kappa shape index (κ2) is 4.84. The third-order valence-corrected chi connectivity index (χ3v) is 3.30. The maximum Gasteiger partial charge on any atom is 0.256 e. The molecule has 1 aromatic rings. The van der Waals surface area contributed by atoms with Gasteiger partial charge in [-0.2, -0.15) is 0 Å². The predicted octanol–water partition coefficient (Wildman–Crippen LogP) is 1.30. The first kappa shape index (κ1) is 12.0. The SMILES string of the molecule is Cc1ccc(C(=O)N2CCC[C@@H]2CO)c(C)n1. The second-order valence-electron chi connectivity index (χ2n) is 4.56. The molecule has 1 aliphatic rings. The molecule has 1 atom stereocenters. The van der Waals surface area contributed by atoms with Crippen molar-refractivity contribution in [3.63, 3.8) is 0 Å². The van der Waals surface area contributed by atoms with Crippen LogP contribution in [0, 0.1) is 13.8 Å². The van der Waals surface area contributed by atoms with Gasteiger partial charge in [0.25, 0.3) is 5.91 Å². The molecule has 1 saturated heterocycles. The number of carbonyl (C=O) groups excluding carboxylic acids is 1. The van der Waals surface area contributed by atoms with E-state index in [0.717, 1.165) is 30.8 Å². The van der Waals surface area contributed by atoms with E-state index in [1.54, 1.807) is 4.90 Å². The number of aliphatic hydroxyl groups is 1. The minimum atomic E-state index is -0.0248. The van der Waals surface area contributed by atoms with Crippen molar-refractivity contribution in [2.24, 2.45) is 0 Å². The fraction of sp³-hybridized carbons (Fsp3) is 0.538. The summed E-state index contributed by atoms with van der Waals surface area (Å²) in [6, 6.07) is 3.65. The summed E-state index contributed by atoms with van der Waals surface area (Å²) in [6.45, 7) is 4.54. The maximum absolute atomic E-state index is 12.3. The molecule has 1 aromatic heterocycles. The van der Waals surface area contributed by atoms with Gasteiger partial charge in [-0.1, -0.05) is 0 Å². The number of aliphatic hydroxyl groups excluding tert-OH is 1.